The van der Waals surface area contributed by atoms with Gasteiger partial charge in [0.2, 0.25) is 0 Å². The second-order valence-corrected chi connectivity index (χ2v) is 1.76. The van der Waals surface area contributed by atoms with Crippen molar-refractivity contribution in [2.24, 2.45) is 10.7 Å². The summed E-state index contributed by atoms with van der Waals surface area (Å²) in [5.41, 5.74) is 5.24. The highest BCUT2D eigenvalue weighted by atomic mass is 16.5. The van der Waals surface area contributed by atoms with Crippen LogP contribution in [0.1, 0.15) is 19.8 Å². The Balaban J connectivity index is 3.07. The molecule has 0 aromatic rings. The van der Waals surface area contributed by atoms with Gasteiger partial charge in [-0.25, -0.2) is 4.99 Å². The van der Waals surface area contributed by atoms with Crippen LogP contribution in [0.5, 0.6) is 0 Å². The lowest BCUT2D eigenvalue weighted by Crippen LogP contribution is -2.16. The molecule has 0 rings (SSSR count). The zero-order chi connectivity index (χ0) is 7.11. The van der Waals surface area contributed by atoms with Crippen LogP contribution >= 0.6 is 0 Å². The van der Waals surface area contributed by atoms with Gasteiger partial charge in [-0.3, -0.25) is 0 Å². The van der Waals surface area contributed by atoms with Gasteiger partial charge in [0.1, 0.15) is 0 Å². The molecule has 0 aliphatic carbocycles. The van der Waals surface area contributed by atoms with Crippen LogP contribution in [0, 0.1) is 0 Å². The molecule has 0 fully saturated rings. The van der Waals surface area contributed by atoms with E-state index in [1.165, 1.54) is 0 Å². The van der Waals surface area contributed by atoms with E-state index in [0.29, 0.717) is 6.61 Å². The fourth-order valence-corrected chi connectivity index (χ4v) is 0.386. The second-order valence-electron chi connectivity index (χ2n) is 1.76. The van der Waals surface area contributed by atoms with Crippen LogP contribution in [0.25, 0.3) is 0 Å². The van der Waals surface area contributed by atoms with Gasteiger partial charge in [0.15, 0.2) is 0 Å². The van der Waals surface area contributed by atoms with Crippen molar-refractivity contribution in [2.45, 2.75) is 19.8 Å². The van der Waals surface area contributed by atoms with Gasteiger partial charge < -0.3 is 10.5 Å². The Kier molecular flexibility index (Phi) is 4.97. The van der Waals surface area contributed by atoms with E-state index >= 15 is 0 Å². The van der Waals surface area contributed by atoms with E-state index in [2.05, 4.69) is 11.9 Å². The lowest BCUT2D eigenvalue weighted by atomic mass is 10.4. The molecule has 0 aromatic heterocycles. The molecule has 0 saturated heterocycles. The lowest BCUT2D eigenvalue weighted by molar-refractivity contribution is 0.291. The molecular formula is C6H14N2O. The van der Waals surface area contributed by atoms with E-state index in [9.17, 15) is 0 Å². The lowest BCUT2D eigenvalue weighted by Gasteiger charge is -2.00. The molecular weight excluding hydrogens is 116 g/mol. The largest absolute Gasteiger partial charge is 0.465 e. The van der Waals surface area contributed by atoms with Crippen LogP contribution in [0.2, 0.25) is 0 Å². The molecule has 3 nitrogen and oxygen atoms in total. The number of rotatable bonds is 3. The Labute approximate surface area is 55.9 Å². The number of ether oxygens (including phenoxy) is 1. The smallest absolute Gasteiger partial charge is 0.281 e. The number of unbranched alkanes of at least 4 members (excludes halogenated alkanes) is 1. The summed E-state index contributed by atoms with van der Waals surface area (Å²) < 4.78 is 4.96. The van der Waals surface area contributed by atoms with Gasteiger partial charge in [0.05, 0.1) is 6.61 Å². The molecule has 0 aliphatic rings. The number of hydrogen-bond acceptors (Lipinski definition) is 2. The van der Waals surface area contributed by atoms with Crippen LogP contribution in [0.4, 0.5) is 0 Å². The van der Waals surface area contributed by atoms with Crippen molar-refractivity contribution in [3.05, 3.63) is 0 Å². The average molecular weight is 130 g/mol. The van der Waals surface area contributed by atoms with Crippen LogP contribution in [0.3, 0.4) is 0 Å². The fraction of sp³-hybridized carbons (Fsp3) is 0.833. The van der Waals surface area contributed by atoms with Crippen molar-refractivity contribution < 1.29 is 4.74 Å². The summed E-state index contributed by atoms with van der Waals surface area (Å²) in [6.07, 6.45) is 2.16. The van der Waals surface area contributed by atoms with Gasteiger partial charge in [-0.15, -0.1) is 0 Å². The zero-order valence-electron chi connectivity index (χ0n) is 6.05. The summed E-state index contributed by atoms with van der Waals surface area (Å²) in [5.74, 6) is 0. The predicted molar refractivity (Wildman–Crippen MR) is 38.4 cm³/mol. The minimum atomic E-state index is 0.281. The van der Waals surface area contributed by atoms with Crippen LogP contribution in [-0.2, 0) is 4.74 Å². The minimum absolute atomic E-state index is 0.281. The van der Waals surface area contributed by atoms with E-state index in [0.717, 1.165) is 12.8 Å². The third kappa shape index (κ3) is 5.14. The molecule has 0 amide bonds. The van der Waals surface area contributed by atoms with Gasteiger partial charge in [0, 0.05) is 7.05 Å². The first-order valence-electron chi connectivity index (χ1n) is 3.16. The molecule has 0 atom stereocenters. The summed E-state index contributed by atoms with van der Waals surface area (Å²) in [6.45, 7) is 2.78. The molecule has 0 heterocycles. The number of aliphatic imine (C=N–C) groups is 1. The van der Waals surface area contributed by atoms with Gasteiger partial charge >= 0.3 is 0 Å². The van der Waals surface area contributed by atoms with Crippen molar-refractivity contribution in [1.29, 1.82) is 0 Å². The number of amidine groups is 1. The molecule has 0 bridgehead atoms. The van der Waals surface area contributed by atoms with Crippen LogP contribution in [-0.4, -0.2) is 19.7 Å². The molecule has 0 spiro atoms. The highest BCUT2D eigenvalue weighted by Gasteiger charge is 1.87. The van der Waals surface area contributed by atoms with Crippen LogP contribution in [0.15, 0.2) is 4.99 Å². The summed E-state index contributed by atoms with van der Waals surface area (Å²) in [5, 5.41) is 0. The molecule has 0 radical (unpaired) electrons. The molecule has 0 saturated carbocycles. The van der Waals surface area contributed by atoms with Crippen LogP contribution < -0.4 is 5.73 Å². The summed E-state index contributed by atoms with van der Waals surface area (Å²) in [6, 6.07) is 0.281. The highest BCUT2D eigenvalue weighted by Crippen LogP contribution is 1.86. The van der Waals surface area contributed by atoms with Gasteiger partial charge in [-0.05, 0) is 6.42 Å². The SMILES string of the molecule is CCCCOC(N)=NC. The van der Waals surface area contributed by atoms with E-state index in [1.54, 1.807) is 7.05 Å². The molecule has 2 N–H and O–H groups in total. The van der Waals surface area contributed by atoms with Crippen molar-refractivity contribution in [3.8, 4) is 0 Å². The molecule has 0 aliphatic heterocycles. The number of nitrogens with zero attached hydrogens (tertiary/aromatic N) is 1. The first-order chi connectivity index (χ1) is 4.31. The van der Waals surface area contributed by atoms with Crippen molar-refractivity contribution >= 4 is 6.02 Å². The Morgan fingerprint density at radius 1 is 1.67 bits per heavy atom. The Hall–Kier alpha value is -0.730. The Morgan fingerprint density at radius 2 is 2.33 bits per heavy atom. The maximum Gasteiger partial charge on any atom is 0.281 e. The number of hydrogen-bond donors (Lipinski definition) is 1. The molecule has 0 unspecified atom stereocenters. The van der Waals surface area contributed by atoms with Crippen molar-refractivity contribution in [2.75, 3.05) is 13.7 Å². The molecule has 54 valence electrons. The maximum absolute atomic E-state index is 5.24. The topological polar surface area (TPSA) is 47.6 Å². The summed E-state index contributed by atoms with van der Waals surface area (Å²) >= 11 is 0. The normalized spacial score (nSPS) is 11.6. The third-order valence-electron chi connectivity index (χ3n) is 0.968. The molecule has 0 aromatic carbocycles. The molecule has 3 heteroatoms. The average Bonchev–Trinajstić information content (AvgIpc) is 1.89. The fourth-order valence-electron chi connectivity index (χ4n) is 0.386. The summed E-state index contributed by atoms with van der Waals surface area (Å²) in [7, 11) is 1.61. The van der Waals surface area contributed by atoms with Crippen molar-refractivity contribution in [3.63, 3.8) is 0 Å². The van der Waals surface area contributed by atoms with E-state index < -0.39 is 0 Å². The zero-order valence-corrected chi connectivity index (χ0v) is 6.05. The van der Waals surface area contributed by atoms with E-state index in [4.69, 9.17) is 10.5 Å². The van der Waals surface area contributed by atoms with E-state index in [-0.39, 0.29) is 6.02 Å². The highest BCUT2D eigenvalue weighted by molar-refractivity contribution is 5.70. The van der Waals surface area contributed by atoms with Gasteiger partial charge in [-0.1, -0.05) is 13.3 Å². The first kappa shape index (κ1) is 8.27. The standard InChI is InChI=1S/C6H14N2O/c1-3-4-5-9-6(7)8-2/h3-5H2,1-2H3,(H2,7,8). The van der Waals surface area contributed by atoms with Gasteiger partial charge in [-0.2, -0.15) is 0 Å². The monoisotopic (exact) mass is 130 g/mol. The summed E-state index contributed by atoms with van der Waals surface area (Å²) in [4.78, 5) is 3.63. The van der Waals surface area contributed by atoms with Crippen molar-refractivity contribution in [1.82, 2.24) is 0 Å². The quantitative estimate of drug-likeness (QED) is 0.348. The Morgan fingerprint density at radius 3 is 2.78 bits per heavy atom. The number of nitrogens with two attached hydrogens (primary N) is 1. The van der Waals surface area contributed by atoms with Gasteiger partial charge in [0.25, 0.3) is 6.02 Å². The Bertz CT molecular complexity index is 91.1. The maximum atomic E-state index is 5.24. The predicted octanol–water partition coefficient (Wildman–Crippen LogP) is 0.748. The second kappa shape index (κ2) is 5.41. The minimum Gasteiger partial charge on any atom is -0.465 e. The first-order valence-corrected chi connectivity index (χ1v) is 3.16. The third-order valence-corrected chi connectivity index (χ3v) is 0.968. The molecule has 9 heavy (non-hydrogen) atoms. The van der Waals surface area contributed by atoms with E-state index in [1.807, 2.05) is 0 Å².